The average molecular weight is 292 g/mol. The summed E-state index contributed by atoms with van der Waals surface area (Å²) in [6.07, 6.45) is -4.65. The first-order chi connectivity index (χ1) is 9.30. The van der Waals surface area contributed by atoms with Crippen LogP contribution in [-0.4, -0.2) is 19.6 Å². The van der Waals surface area contributed by atoms with Crippen LogP contribution in [0.1, 0.15) is 25.0 Å². The largest absolute Gasteiger partial charge is 0.419 e. The minimum atomic E-state index is -4.65. The van der Waals surface area contributed by atoms with Crippen molar-refractivity contribution < 1.29 is 17.6 Å². The van der Waals surface area contributed by atoms with Crippen molar-refractivity contribution in [2.75, 3.05) is 19.6 Å². The van der Waals surface area contributed by atoms with E-state index in [1.54, 1.807) is 0 Å². The Balaban J connectivity index is 2.41. The molecular formula is C14H20F4N2. The standard InChI is InChI=1S/C14H20F4N2/c1-10(2)8-19-5-6-20-9-11-3-4-13(15)12(7-11)14(16,17)18/h3-4,7,10,19-20H,5-6,8-9H2,1-2H3. The highest BCUT2D eigenvalue weighted by atomic mass is 19.4. The lowest BCUT2D eigenvalue weighted by Gasteiger charge is -2.11. The number of nitrogens with one attached hydrogen (secondary N) is 2. The summed E-state index contributed by atoms with van der Waals surface area (Å²) in [6, 6.07) is 3.07. The van der Waals surface area contributed by atoms with Gasteiger partial charge in [0.05, 0.1) is 5.56 Å². The second kappa shape index (κ2) is 7.59. The summed E-state index contributed by atoms with van der Waals surface area (Å²) in [5.41, 5.74) is -0.794. The molecule has 0 atom stereocenters. The monoisotopic (exact) mass is 292 g/mol. The van der Waals surface area contributed by atoms with Crippen LogP contribution in [0.3, 0.4) is 0 Å². The van der Waals surface area contributed by atoms with Gasteiger partial charge in [-0.25, -0.2) is 4.39 Å². The van der Waals surface area contributed by atoms with Gasteiger partial charge in [-0.15, -0.1) is 0 Å². The van der Waals surface area contributed by atoms with Crippen LogP contribution in [0.4, 0.5) is 17.6 Å². The molecule has 1 rings (SSSR count). The van der Waals surface area contributed by atoms with E-state index in [9.17, 15) is 17.6 Å². The van der Waals surface area contributed by atoms with E-state index in [1.165, 1.54) is 6.07 Å². The van der Waals surface area contributed by atoms with Gasteiger partial charge in [0.1, 0.15) is 5.82 Å². The third kappa shape index (κ3) is 5.88. The number of hydrogen-bond donors (Lipinski definition) is 2. The molecule has 0 aliphatic carbocycles. The highest BCUT2D eigenvalue weighted by molar-refractivity contribution is 5.27. The van der Waals surface area contributed by atoms with E-state index in [1.807, 2.05) is 0 Å². The van der Waals surface area contributed by atoms with Crippen LogP contribution in [-0.2, 0) is 12.7 Å². The number of hydrogen-bond acceptors (Lipinski definition) is 2. The van der Waals surface area contributed by atoms with Gasteiger partial charge in [-0.2, -0.15) is 13.2 Å². The Kier molecular flexibility index (Phi) is 6.42. The number of benzene rings is 1. The van der Waals surface area contributed by atoms with Crippen LogP contribution >= 0.6 is 0 Å². The Bertz CT molecular complexity index is 416. The van der Waals surface area contributed by atoms with Crippen molar-refractivity contribution >= 4 is 0 Å². The lowest BCUT2D eigenvalue weighted by Crippen LogP contribution is -2.29. The second-order valence-corrected chi connectivity index (χ2v) is 5.09. The molecule has 0 bridgehead atoms. The van der Waals surface area contributed by atoms with Gasteiger partial charge < -0.3 is 10.6 Å². The molecule has 1 aromatic carbocycles. The molecule has 2 nitrogen and oxygen atoms in total. The summed E-state index contributed by atoms with van der Waals surface area (Å²) in [5, 5.41) is 6.23. The molecule has 0 radical (unpaired) electrons. The lowest BCUT2D eigenvalue weighted by atomic mass is 10.1. The molecular weight excluding hydrogens is 272 g/mol. The van der Waals surface area contributed by atoms with Gasteiger partial charge in [-0.3, -0.25) is 0 Å². The zero-order valence-electron chi connectivity index (χ0n) is 11.6. The Morgan fingerprint density at radius 3 is 2.35 bits per heavy atom. The van der Waals surface area contributed by atoms with Crippen LogP contribution in [0.2, 0.25) is 0 Å². The molecule has 2 N–H and O–H groups in total. The highest BCUT2D eigenvalue weighted by Gasteiger charge is 2.34. The van der Waals surface area contributed by atoms with Crippen molar-refractivity contribution in [2.24, 2.45) is 5.92 Å². The maximum Gasteiger partial charge on any atom is 0.419 e. The predicted molar refractivity (Wildman–Crippen MR) is 70.8 cm³/mol. The highest BCUT2D eigenvalue weighted by Crippen LogP contribution is 2.31. The van der Waals surface area contributed by atoms with Crippen LogP contribution in [0.25, 0.3) is 0 Å². The average Bonchev–Trinajstić information content (AvgIpc) is 2.33. The second-order valence-electron chi connectivity index (χ2n) is 5.09. The number of alkyl halides is 3. The van der Waals surface area contributed by atoms with Crippen LogP contribution < -0.4 is 10.6 Å². The fourth-order valence-corrected chi connectivity index (χ4v) is 1.70. The van der Waals surface area contributed by atoms with Crippen molar-refractivity contribution in [3.05, 3.63) is 35.1 Å². The molecule has 0 spiro atoms. The summed E-state index contributed by atoms with van der Waals surface area (Å²) in [6.45, 7) is 6.76. The van der Waals surface area contributed by atoms with Crippen molar-refractivity contribution in [3.63, 3.8) is 0 Å². The van der Waals surface area contributed by atoms with Gasteiger partial charge in [0.15, 0.2) is 0 Å². The topological polar surface area (TPSA) is 24.1 Å². The van der Waals surface area contributed by atoms with E-state index >= 15 is 0 Å². The third-order valence-corrected chi connectivity index (χ3v) is 2.70. The molecule has 0 amide bonds. The summed E-state index contributed by atoms with van der Waals surface area (Å²) in [5.74, 6) is -0.679. The first-order valence-corrected chi connectivity index (χ1v) is 6.57. The minimum absolute atomic E-state index is 0.284. The molecule has 20 heavy (non-hydrogen) atoms. The fraction of sp³-hybridized carbons (Fsp3) is 0.571. The third-order valence-electron chi connectivity index (χ3n) is 2.70. The van der Waals surface area contributed by atoms with Crippen molar-refractivity contribution in [3.8, 4) is 0 Å². The van der Waals surface area contributed by atoms with Crippen LogP contribution in [0.15, 0.2) is 18.2 Å². The molecule has 0 fully saturated rings. The zero-order chi connectivity index (χ0) is 15.2. The van der Waals surface area contributed by atoms with E-state index in [0.29, 0.717) is 18.0 Å². The van der Waals surface area contributed by atoms with Gasteiger partial charge in [0, 0.05) is 19.6 Å². The first kappa shape index (κ1) is 16.9. The normalized spacial score (nSPS) is 12.2. The van der Waals surface area contributed by atoms with Crippen molar-refractivity contribution in [2.45, 2.75) is 26.6 Å². The first-order valence-electron chi connectivity index (χ1n) is 6.57. The number of rotatable bonds is 7. The molecule has 0 heterocycles. The Morgan fingerprint density at radius 1 is 1.10 bits per heavy atom. The predicted octanol–water partition coefficient (Wildman–Crippen LogP) is 3.18. The molecule has 0 saturated carbocycles. The quantitative estimate of drug-likeness (QED) is 0.596. The zero-order valence-corrected chi connectivity index (χ0v) is 11.6. The molecule has 114 valence electrons. The van der Waals surface area contributed by atoms with E-state index in [-0.39, 0.29) is 6.54 Å². The van der Waals surface area contributed by atoms with E-state index in [0.717, 1.165) is 25.2 Å². The molecule has 1 aromatic rings. The van der Waals surface area contributed by atoms with Crippen LogP contribution in [0, 0.1) is 11.7 Å². The van der Waals surface area contributed by atoms with Crippen molar-refractivity contribution in [1.82, 2.24) is 10.6 Å². The Morgan fingerprint density at radius 2 is 1.75 bits per heavy atom. The van der Waals surface area contributed by atoms with E-state index < -0.39 is 17.6 Å². The summed E-state index contributed by atoms with van der Waals surface area (Å²) in [7, 11) is 0. The maximum atomic E-state index is 13.1. The van der Waals surface area contributed by atoms with Gasteiger partial charge in [-0.05, 0) is 30.2 Å². The van der Waals surface area contributed by atoms with Crippen LogP contribution in [0.5, 0.6) is 0 Å². The molecule has 0 unspecified atom stereocenters. The van der Waals surface area contributed by atoms with E-state index in [2.05, 4.69) is 24.5 Å². The van der Waals surface area contributed by atoms with Gasteiger partial charge >= 0.3 is 6.18 Å². The molecule has 6 heteroatoms. The van der Waals surface area contributed by atoms with Crippen molar-refractivity contribution in [1.29, 1.82) is 0 Å². The summed E-state index contributed by atoms with van der Waals surface area (Å²) < 4.78 is 50.6. The summed E-state index contributed by atoms with van der Waals surface area (Å²) >= 11 is 0. The summed E-state index contributed by atoms with van der Waals surface area (Å²) in [4.78, 5) is 0. The fourth-order valence-electron chi connectivity index (χ4n) is 1.70. The molecule has 0 aliphatic heterocycles. The smallest absolute Gasteiger partial charge is 0.315 e. The maximum absolute atomic E-state index is 13.1. The Labute approximate surface area is 116 Å². The van der Waals surface area contributed by atoms with Gasteiger partial charge in [0.25, 0.3) is 0 Å². The molecule has 0 saturated heterocycles. The van der Waals surface area contributed by atoms with Gasteiger partial charge in [-0.1, -0.05) is 19.9 Å². The lowest BCUT2D eigenvalue weighted by molar-refractivity contribution is -0.140. The number of halogens is 4. The molecule has 0 aliphatic rings. The Hall–Kier alpha value is -1.14. The minimum Gasteiger partial charge on any atom is -0.315 e. The molecule has 0 aromatic heterocycles. The van der Waals surface area contributed by atoms with E-state index in [4.69, 9.17) is 0 Å². The SMILES string of the molecule is CC(C)CNCCNCc1ccc(F)c(C(F)(F)F)c1. The van der Waals surface area contributed by atoms with Gasteiger partial charge in [0.2, 0.25) is 0 Å².